The van der Waals surface area contributed by atoms with Gasteiger partial charge in [0.05, 0.1) is 23.2 Å². The van der Waals surface area contributed by atoms with E-state index in [1.807, 2.05) is 41.5 Å². The first-order chi connectivity index (χ1) is 16.2. The van der Waals surface area contributed by atoms with Crippen LogP contribution in [0.25, 0.3) is 0 Å². The van der Waals surface area contributed by atoms with Gasteiger partial charge in [0, 0.05) is 19.5 Å². The second-order valence-electron chi connectivity index (χ2n) is 9.23. The van der Waals surface area contributed by atoms with Crippen molar-refractivity contribution in [3.05, 3.63) is 30.1 Å². The third kappa shape index (κ3) is 4.55. The first kappa shape index (κ1) is 24.3. The monoisotopic (exact) mass is 484 g/mol. The minimum atomic E-state index is -1.03. The van der Waals surface area contributed by atoms with E-state index in [0.29, 0.717) is 36.0 Å². The summed E-state index contributed by atoms with van der Waals surface area (Å²) in [5, 5.41) is 11.7. The van der Waals surface area contributed by atoms with Crippen LogP contribution >= 0.6 is 11.8 Å². The van der Waals surface area contributed by atoms with Gasteiger partial charge in [-0.2, -0.15) is 0 Å². The lowest BCUT2D eigenvalue weighted by atomic mass is 9.96. The van der Waals surface area contributed by atoms with Crippen LogP contribution in [0.5, 0.6) is 0 Å². The fourth-order valence-corrected chi connectivity index (χ4v) is 5.43. The molecule has 1 N–H and O–H groups in total. The molecule has 1 aromatic heterocycles. The maximum absolute atomic E-state index is 13.6. The summed E-state index contributed by atoms with van der Waals surface area (Å²) >= 11 is 1.32. The van der Waals surface area contributed by atoms with Crippen molar-refractivity contribution in [1.82, 2.24) is 19.7 Å². The first-order valence-corrected chi connectivity index (χ1v) is 12.7. The van der Waals surface area contributed by atoms with E-state index in [9.17, 15) is 14.4 Å². The van der Waals surface area contributed by atoms with Gasteiger partial charge in [-0.3, -0.25) is 19.3 Å². The maximum Gasteiger partial charge on any atom is 0.250 e. The summed E-state index contributed by atoms with van der Waals surface area (Å²) in [4.78, 5) is 42.3. The van der Waals surface area contributed by atoms with Crippen molar-refractivity contribution in [3.63, 3.8) is 0 Å². The van der Waals surface area contributed by atoms with Crippen LogP contribution in [0.2, 0.25) is 0 Å². The lowest BCUT2D eigenvalue weighted by molar-refractivity contribution is -0.131. The molecule has 4 rings (SSSR count). The number of nitrogens with one attached hydrogen (secondary N) is 1. The van der Waals surface area contributed by atoms with Crippen molar-refractivity contribution in [3.8, 4) is 0 Å². The van der Waals surface area contributed by atoms with E-state index >= 15 is 0 Å². The minimum Gasteiger partial charge on any atom is -0.335 e. The van der Waals surface area contributed by atoms with Crippen molar-refractivity contribution in [1.29, 1.82) is 0 Å². The topological polar surface area (TPSA) is 100 Å². The highest BCUT2D eigenvalue weighted by atomic mass is 32.2. The number of likely N-dealkylation sites (tertiary alicyclic amines) is 1. The van der Waals surface area contributed by atoms with E-state index < -0.39 is 10.8 Å². The molecule has 0 radical (unpaired) electrons. The van der Waals surface area contributed by atoms with Gasteiger partial charge >= 0.3 is 0 Å². The predicted molar refractivity (Wildman–Crippen MR) is 132 cm³/mol. The number of carbonyl (C=O) groups is 3. The Hall–Kier alpha value is -2.88. The molecule has 3 amide bonds. The molecule has 10 heteroatoms. The molecule has 0 spiro atoms. The number of fused-ring (bicyclic) bond motifs is 1. The summed E-state index contributed by atoms with van der Waals surface area (Å²) in [5.41, 5.74) is 0.275. The fraction of sp³-hybridized carbons (Fsp3) is 0.542. The van der Waals surface area contributed by atoms with Crippen molar-refractivity contribution >= 4 is 40.9 Å². The number of nitrogens with zero attached hydrogens (tertiary/aromatic N) is 5. The zero-order chi connectivity index (χ0) is 24.5. The molecule has 0 unspecified atom stereocenters. The van der Waals surface area contributed by atoms with Gasteiger partial charge in [0.2, 0.25) is 17.7 Å². The molecule has 1 saturated heterocycles. The number of anilines is 2. The number of hydrogen-bond donors (Lipinski definition) is 1. The Morgan fingerprint density at radius 2 is 1.94 bits per heavy atom. The first-order valence-electron chi connectivity index (χ1n) is 11.8. The lowest BCUT2D eigenvalue weighted by Gasteiger charge is -2.43. The second-order valence-corrected chi connectivity index (χ2v) is 10.5. The van der Waals surface area contributed by atoms with E-state index in [0.717, 1.165) is 31.6 Å². The SMILES string of the molecule is CCn1c(CN2CCCCCC2=O)nnc1S[C@@H](C)C(=O)N1c2ccccc2NC(=O)C1(C)C. The van der Waals surface area contributed by atoms with Gasteiger partial charge in [0.15, 0.2) is 11.0 Å². The molecule has 1 fully saturated rings. The van der Waals surface area contributed by atoms with E-state index in [2.05, 4.69) is 15.5 Å². The van der Waals surface area contributed by atoms with Gasteiger partial charge in [-0.1, -0.05) is 30.3 Å². The molecule has 2 aromatic rings. The standard InChI is InChI=1S/C24H32N6O3S/c1-5-29-19(15-28-14-10-6-7-13-20(28)31)26-27-23(29)34-16(2)21(32)30-18-12-9-8-11-17(18)25-22(33)24(30,3)4/h8-9,11-12,16H,5-7,10,13-15H2,1-4H3,(H,25,33)/t16-/m0/s1. The number of rotatable bonds is 6. The molecular weight excluding hydrogens is 452 g/mol. The zero-order valence-electron chi connectivity index (χ0n) is 20.2. The number of hydrogen-bond acceptors (Lipinski definition) is 6. The summed E-state index contributed by atoms with van der Waals surface area (Å²) in [7, 11) is 0. The molecule has 0 saturated carbocycles. The van der Waals surface area contributed by atoms with Crippen LogP contribution in [0.4, 0.5) is 11.4 Å². The molecule has 1 aromatic carbocycles. The number of thioether (sulfide) groups is 1. The highest BCUT2D eigenvalue weighted by Gasteiger charge is 2.45. The highest BCUT2D eigenvalue weighted by molar-refractivity contribution is 8.00. The second kappa shape index (κ2) is 9.77. The van der Waals surface area contributed by atoms with Crippen LogP contribution in [0.15, 0.2) is 29.4 Å². The lowest BCUT2D eigenvalue weighted by Crippen LogP contribution is -2.60. The summed E-state index contributed by atoms with van der Waals surface area (Å²) in [6.45, 7) is 9.12. The Kier molecular flexibility index (Phi) is 6.97. The highest BCUT2D eigenvalue weighted by Crippen LogP contribution is 2.38. The number of carbonyl (C=O) groups excluding carboxylic acids is 3. The van der Waals surface area contributed by atoms with E-state index in [4.69, 9.17) is 0 Å². The van der Waals surface area contributed by atoms with E-state index in [1.54, 1.807) is 24.8 Å². The van der Waals surface area contributed by atoms with Gasteiger partial charge in [0.25, 0.3) is 0 Å². The van der Waals surface area contributed by atoms with E-state index in [-0.39, 0.29) is 17.7 Å². The Labute approximate surface area is 204 Å². The molecule has 0 bridgehead atoms. The molecule has 9 nitrogen and oxygen atoms in total. The molecule has 182 valence electrons. The summed E-state index contributed by atoms with van der Waals surface area (Å²) < 4.78 is 1.97. The summed E-state index contributed by atoms with van der Waals surface area (Å²) in [5.74, 6) is 0.484. The zero-order valence-corrected chi connectivity index (χ0v) is 21.0. The normalized spacial score (nSPS) is 18.8. The van der Waals surface area contributed by atoms with Crippen molar-refractivity contribution in [2.24, 2.45) is 0 Å². The average Bonchev–Trinajstić information content (AvgIpc) is 3.06. The van der Waals surface area contributed by atoms with Crippen molar-refractivity contribution in [2.45, 2.75) is 82.4 Å². The molecule has 1 atom stereocenters. The molecule has 34 heavy (non-hydrogen) atoms. The molecular formula is C24H32N6O3S. The molecule has 2 aliphatic rings. The van der Waals surface area contributed by atoms with Gasteiger partial charge < -0.3 is 14.8 Å². The van der Waals surface area contributed by atoms with Crippen LogP contribution in [0, 0.1) is 0 Å². The number of amides is 3. The fourth-order valence-electron chi connectivity index (χ4n) is 4.45. The van der Waals surface area contributed by atoms with Crippen LogP contribution < -0.4 is 10.2 Å². The Morgan fingerprint density at radius 3 is 2.71 bits per heavy atom. The molecule has 2 aliphatic heterocycles. The van der Waals surface area contributed by atoms with Gasteiger partial charge in [-0.25, -0.2) is 0 Å². The predicted octanol–water partition coefficient (Wildman–Crippen LogP) is 3.45. The van der Waals surface area contributed by atoms with E-state index in [1.165, 1.54) is 11.8 Å². The van der Waals surface area contributed by atoms with Crippen molar-refractivity contribution < 1.29 is 14.4 Å². The van der Waals surface area contributed by atoms with Gasteiger partial charge in [-0.15, -0.1) is 10.2 Å². The Bertz CT molecular complexity index is 1100. The minimum absolute atomic E-state index is 0.158. The van der Waals surface area contributed by atoms with Gasteiger partial charge in [0.1, 0.15) is 5.54 Å². The third-order valence-electron chi connectivity index (χ3n) is 6.47. The van der Waals surface area contributed by atoms with Gasteiger partial charge in [-0.05, 0) is 52.7 Å². The number of benzene rings is 1. The summed E-state index contributed by atoms with van der Waals surface area (Å²) in [6.07, 6.45) is 3.58. The quantitative estimate of drug-likeness (QED) is 0.631. The average molecular weight is 485 g/mol. The Morgan fingerprint density at radius 1 is 1.18 bits per heavy atom. The molecule has 3 heterocycles. The summed E-state index contributed by atoms with van der Waals surface area (Å²) in [6, 6.07) is 7.33. The maximum atomic E-state index is 13.6. The van der Waals surface area contributed by atoms with Crippen LogP contribution in [-0.2, 0) is 27.5 Å². The third-order valence-corrected chi connectivity index (χ3v) is 7.54. The van der Waals surface area contributed by atoms with Crippen molar-refractivity contribution in [2.75, 3.05) is 16.8 Å². The largest absolute Gasteiger partial charge is 0.335 e. The number of aromatic nitrogens is 3. The van der Waals surface area contributed by atoms with Crippen LogP contribution in [-0.4, -0.2) is 54.7 Å². The number of para-hydroxylation sites is 2. The molecule has 0 aliphatic carbocycles. The van der Waals surface area contributed by atoms with Crippen LogP contribution in [0.3, 0.4) is 0 Å². The Balaban J connectivity index is 1.55. The van der Waals surface area contributed by atoms with Crippen LogP contribution in [0.1, 0.15) is 59.2 Å². The smallest absolute Gasteiger partial charge is 0.250 e.